The van der Waals surface area contributed by atoms with Crippen molar-refractivity contribution in [1.29, 1.82) is 0 Å². The maximum Gasteiger partial charge on any atom is 0.120 e. The first kappa shape index (κ1) is 11.7. The maximum absolute atomic E-state index is 10.5. The van der Waals surface area contributed by atoms with E-state index in [9.17, 15) is 5.11 Å². The van der Waals surface area contributed by atoms with Gasteiger partial charge in [-0.3, -0.25) is 0 Å². The lowest BCUT2D eigenvalue weighted by Crippen LogP contribution is -2.33. The van der Waals surface area contributed by atoms with E-state index in [0.717, 1.165) is 5.56 Å². The average molecular weight is 243 g/mol. The Hall–Kier alpha value is -0.770. The van der Waals surface area contributed by atoms with Crippen molar-refractivity contribution in [2.45, 2.75) is 18.4 Å². The van der Waals surface area contributed by atoms with Gasteiger partial charge in [0.1, 0.15) is 5.75 Å². The zero-order chi connectivity index (χ0) is 11.6. The van der Waals surface area contributed by atoms with Gasteiger partial charge in [0.05, 0.1) is 12.7 Å². The number of hydrogen-bond acceptors (Lipinski definition) is 3. The van der Waals surface area contributed by atoms with Crippen LogP contribution in [0.15, 0.2) is 18.2 Å². The summed E-state index contributed by atoms with van der Waals surface area (Å²) >= 11 is 5.99. The van der Waals surface area contributed by atoms with Crippen molar-refractivity contribution in [2.75, 3.05) is 20.3 Å². The number of aliphatic hydroxyl groups is 1. The van der Waals surface area contributed by atoms with Crippen molar-refractivity contribution in [3.8, 4) is 5.75 Å². The summed E-state index contributed by atoms with van der Waals surface area (Å²) in [6, 6.07) is 5.35. The van der Waals surface area contributed by atoms with Gasteiger partial charge in [0.15, 0.2) is 0 Å². The Labute approximate surface area is 99.9 Å². The van der Waals surface area contributed by atoms with E-state index < -0.39 is 5.60 Å². The quantitative estimate of drug-likeness (QED) is 0.865. The molecule has 0 amide bonds. The highest BCUT2D eigenvalue weighted by Crippen LogP contribution is 2.35. The van der Waals surface area contributed by atoms with Gasteiger partial charge < -0.3 is 14.6 Å². The fraction of sp³-hybridized carbons (Fsp3) is 0.500. The third-order valence-corrected chi connectivity index (χ3v) is 3.18. The third-order valence-electron chi connectivity index (χ3n) is 2.96. The van der Waals surface area contributed by atoms with Crippen LogP contribution in [0.3, 0.4) is 0 Å². The van der Waals surface area contributed by atoms with E-state index in [2.05, 4.69) is 0 Å². The molecular weight excluding hydrogens is 228 g/mol. The van der Waals surface area contributed by atoms with Gasteiger partial charge in [-0.1, -0.05) is 11.6 Å². The first-order chi connectivity index (χ1) is 7.64. The molecule has 1 saturated heterocycles. The second-order valence-electron chi connectivity index (χ2n) is 4.02. The van der Waals surface area contributed by atoms with Gasteiger partial charge in [0.2, 0.25) is 0 Å². The van der Waals surface area contributed by atoms with Gasteiger partial charge in [-0.2, -0.15) is 0 Å². The predicted octanol–water partition coefficient (Wildman–Crippen LogP) is 2.35. The molecule has 1 aromatic carbocycles. The number of benzene rings is 1. The van der Waals surface area contributed by atoms with Crippen LogP contribution in [0.4, 0.5) is 0 Å². The molecule has 1 aliphatic rings. The number of halogens is 1. The van der Waals surface area contributed by atoms with E-state index in [4.69, 9.17) is 21.1 Å². The van der Waals surface area contributed by atoms with E-state index in [-0.39, 0.29) is 0 Å². The zero-order valence-electron chi connectivity index (χ0n) is 9.20. The molecule has 2 rings (SSSR count). The Kier molecular flexibility index (Phi) is 3.38. The summed E-state index contributed by atoms with van der Waals surface area (Å²) in [4.78, 5) is 0. The van der Waals surface area contributed by atoms with Gasteiger partial charge in [-0.25, -0.2) is 0 Å². The zero-order valence-corrected chi connectivity index (χ0v) is 9.96. The van der Waals surface area contributed by atoms with Crippen molar-refractivity contribution < 1.29 is 14.6 Å². The van der Waals surface area contributed by atoms with Gasteiger partial charge in [0, 0.05) is 31.1 Å². The van der Waals surface area contributed by atoms with Gasteiger partial charge in [0.25, 0.3) is 0 Å². The Bertz CT molecular complexity index is 373. The lowest BCUT2D eigenvalue weighted by molar-refractivity contribution is -0.0680. The van der Waals surface area contributed by atoms with Gasteiger partial charge >= 0.3 is 0 Å². The van der Waals surface area contributed by atoms with E-state index in [0.29, 0.717) is 36.8 Å². The fourth-order valence-electron chi connectivity index (χ4n) is 1.95. The lowest BCUT2D eigenvalue weighted by Gasteiger charge is -2.32. The number of hydrogen-bond donors (Lipinski definition) is 1. The summed E-state index contributed by atoms with van der Waals surface area (Å²) < 4.78 is 10.4. The number of methoxy groups -OCH3 is 1. The Balaban J connectivity index is 2.34. The summed E-state index contributed by atoms with van der Waals surface area (Å²) in [7, 11) is 1.59. The molecule has 1 N–H and O–H groups in total. The van der Waals surface area contributed by atoms with E-state index in [1.165, 1.54) is 0 Å². The first-order valence-electron chi connectivity index (χ1n) is 5.29. The molecule has 0 spiro atoms. The first-order valence-corrected chi connectivity index (χ1v) is 5.67. The van der Waals surface area contributed by atoms with Crippen LogP contribution in [0.5, 0.6) is 5.75 Å². The predicted molar refractivity (Wildman–Crippen MR) is 62.0 cm³/mol. The van der Waals surface area contributed by atoms with Crippen molar-refractivity contribution in [3.63, 3.8) is 0 Å². The molecule has 0 aromatic heterocycles. The summed E-state index contributed by atoms with van der Waals surface area (Å²) in [6.45, 7) is 1.15. The highest BCUT2D eigenvalue weighted by Gasteiger charge is 2.32. The average Bonchev–Trinajstić information content (AvgIpc) is 2.29. The molecule has 16 heavy (non-hydrogen) atoms. The monoisotopic (exact) mass is 242 g/mol. The van der Waals surface area contributed by atoms with Crippen LogP contribution in [-0.4, -0.2) is 25.4 Å². The van der Waals surface area contributed by atoms with Crippen LogP contribution in [0.1, 0.15) is 18.4 Å². The van der Waals surface area contributed by atoms with Crippen molar-refractivity contribution in [3.05, 3.63) is 28.8 Å². The minimum absolute atomic E-state index is 0.575. The molecule has 3 nitrogen and oxygen atoms in total. The van der Waals surface area contributed by atoms with Crippen LogP contribution >= 0.6 is 11.6 Å². The van der Waals surface area contributed by atoms with Gasteiger partial charge in [-0.15, -0.1) is 0 Å². The Morgan fingerprint density at radius 2 is 2.00 bits per heavy atom. The fourth-order valence-corrected chi connectivity index (χ4v) is 2.17. The number of rotatable bonds is 2. The topological polar surface area (TPSA) is 38.7 Å². The van der Waals surface area contributed by atoms with Crippen LogP contribution in [0, 0.1) is 0 Å². The highest BCUT2D eigenvalue weighted by molar-refractivity contribution is 6.30. The van der Waals surface area contributed by atoms with E-state index in [1.54, 1.807) is 19.2 Å². The largest absolute Gasteiger partial charge is 0.497 e. The minimum atomic E-state index is -0.837. The molecule has 4 heteroatoms. The molecular formula is C12H15ClO3. The summed E-state index contributed by atoms with van der Waals surface area (Å²) in [5, 5.41) is 11.1. The van der Waals surface area contributed by atoms with Crippen molar-refractivity contribution >= 4 is 11.6 Å². The van der Waals surface area contributed by atoms with Crippen LogP contribution in [0.2, 0.25) is 5.02 Å². The van der Waals surface area contributed by atoms with Crippen LogP contribution < -0.4 is 4.74 Å². The smallest absolute Gasteiger partial charge is 0.120 e. The second kappa shape index (κ2) is 4.62. The third kappa shape index (κ3) is 2.32. The SMILES string of the molecule is COc1cc(Cl)cc(C2(O)CCOCC2)c1. The highest BCUT2D eigenvalue weighted by atomic mass is 35.5. The maximum atomic E-state index is 10.5. The molecule has 0 atom stereocenters. The molecule has 1 aromatic rings. The minimum Gasteiger partial charge on any atom is -0.497 e. The molecule has 1 heterocycles. The number of ether oxygens (including phenoxy) is 2. The molecule has 0 aliphatic carbocycles. The van der Waals surface area contributed by atoms with E-state index in [1.807, 2.05) is 6.07 Å². The molecule has 0 unspecified atom stereocenters. The molecule has 88 valence electrons. The molecule has 1 fully saturated rings. The van der Waals surface area contributed by atoms with Crippen molar-refractivity contribution in [1.82, 2.24) is 0 Å². The van der Waals surface area contributed by atoms with Crippen LogP contribution in [0.25, 0.3) is 0 Å². The molecule has 0 bridgehead atoms. The summed E-state index contributed by atoms with van der Waals surface area (Å²) in [5.74, 6) is 0.669. The Morgan fingerprint density at radius 3 is 2.62 bits per heavy atom. The summed E-state index contributed by atoms with van der Waals surface area (Å²) in [6.07, 6.45) is 1.19. The van der Waals surface area contributed by atoms with E-state index >= 15 is 0 Å². The second-order valence-corrected chi connectivity index (χ2v) is 4.46. The van der Waals surface area contributed by atoms with Crippen LogP contribution in [-0.2, 0) is 10.3 Å². The normalized spacial score (nSPS) is 19.4. The Morgan fingerprint density at radius 1 is 1.31 bits per heavy atom. The summed E-state index contributed by atoms with van der Waals surface area (Å²) in [5.41, 5.74) is -0.0312. The molecule has 1 aliphatic heterocycles. The molecule has 0 radical (unpaired) electrons. The van der Waals surface area contributed by atoms with Crippen molar-refractivity contribution in [2.24, 2.45) is 0 Å². The standard InChI is InChI=1S/C12H15ClO3/c1-15-11-7-9(6-10(13)8-11)12(14)2-4-16-5-3-12/h6-8,14H,2-5H2,1H3. The van der Waals surface area contributed by atoms with Gasteiger partial charge in [-0.05, 0) is 23.8 Å². The molecule has 0 saturated carbocycles. The lowest BCUT2D eigenvalue weighted by atomic mass is 9.86.